The van der Waals surface area contributed by atoms with E-state index in [2.05, 4.69) is 0 Å². The summed E-state index contributed by atoms with van der Waals surface area (Å²) < 4.78 is 30.4. The minimum atomic E-state index is -4.21. The second-order valence-corrected chi connectivity index (χ2v) is 6.21. The van der Waals surface area contributed by atoms with Gasteiger partial charge >= 0.3 is 0 Å². The molecule has 9 nitrogen and oxygen atoms in total. The van der Waals surface area contributed by atoms with Crippen molar-refractivity contribution in [2.75, 3.05) is 0 Å². The van der Waals surface area contributed by atoms with Crippen molar-refractivity contribution < 1.29 is 23.0 Å². The van der Waals surface area contributed by atoms with Crippen LogP contribution in [0.2, 0.25) is 0 Å². The summed E-state index contributed by atoms with van der Waals surface area (Å²) in [7, 11) is -4.21. The highest BCUT2D eigenvalue weighted by Crippen LogP contribution is 2.47. The van der Waals surface area contributed by atoms with Crippen molar-refractivity contribution in [3.63, 3.8) is 0 Å². The van der Waals surface area contributed by atoms with Crippen molar-refractivity contribution in [1.82, 2.24) is 0 Å². The van der Waals surface area contributed by atoms with Gasteiger partial charge in [0.15, 0.2) is 10.6 Å². The van der Waals surface area contributed by atoms with E-state index in [4.69, 9.17) is 4.74 Å². The highest BCUT2D eigenvalue weighted by atomic mass is 32.2. The summed E-state index contributed by atoms with van der Waals surface area (Å²) in [5.41, 5.74) is -1.52. The van der Waals surface area contributed by atoms with Crippen LogP contribution in [0.5, 0.6) is 11.5 Å². The van der Waals surface area contributed by atoms with E-state index < -0.39 is 41.7 Å². The van der Waals surface area contributed by atoms with Gasteiger partial charge in [-0.05, 0) is 12.1 Å². The highest BCUT2D eigenvalue weighted by Gasteiger charge is 2.40. The predicted molar refractivity (Wildman–Crippen MR) is 71.7 cm³/mol. The number of nitro benzene ring substituents is 2. The Labute approximate surface area is 123 Å². The maximum atomic E-state index is 12.5. The van der Waals surface area contributed by atoms with Crippen molar-refractivity contribution in [3.8, 4) is 11.5 Å². The fraction of sp³-hybridized carbons (Fsp3) is 0. The Morgan fingerprint density at radius 1 is 0.955 bits per heavy atom. The van der Waals surface area contributed by atoms with Gasteiger partial charge in [0.2, 0.25) is 9.84 Å². The van der Waals surface area contributed by atoms with Crippen LogP contribution in [0, 0.1) is 20.2 Å². The molecular weight excluding hydrogens is 316 g/mol. The molecule has 2 aromatic rings. The van der Waals surface area contributed by atoms with Gasteiger partial charge in [-0.15, -0.1) is 0 Å². The van der Waals surface area contributed by atoms with E-state index in [0.717, 1.165) is 6.07 Å². The molecule has 0 saturated heterocycles. The molecule has 0 aliphatic carbocycles. The van der Waals surface area contributed by atoms with Crippen molar-refractivity contribution in [2.45, 2.75) is 9.79 Å². The first-order valence-corrected chi connectivity index (χ1v) is 7.29. The van der Waals surface area contributed by atoms with Gasteiger partial charge in [0.1, 0.15) is 10.6 Å². The molecule has 2 aromatic carbocycles. The number of ether oxygens (including phenoxy) is 1. The summed E-state index contributed by atoms with van der Waals surface area (Å²) in [4.78, 5) is 19.2. The average Bonchev–Trinajstić information content (AvgIpc) is 2.45. The van der Waals surface area contributed by atoms with Crippen LogP contribution in [0.3, 0.4) is 0 Å². The Morgan fingerprint density at radius 3 is 2.27 bits per heavy atom. The Morgan fingerprint density at radius 2 is 1.64 bits per heavy atom. The van der Waals surface area contributed by atoms with Crippen LogP contribution < -0.4 is 4.74 Å². The van der Waals surface area contributed by atoms with Crippen molar-refractivity contribution in [1.29, 1.82) is 0 Å². The van der Waals surface area contributed by atoms with E-state index in [1.807, 2.05) is 0 Å². The third-order valence-electron chi connectivity index (χ3n) is 3.05. The second-order valence-electron chi connectivity index (χ2n) is 4.36. The highest BCUT2D eigenvalue weighted by molar-refractivity contribution is 7.92. The number of sulfone groups is 1. The summed E-state index contributed by atoms with van der Waals surface area (Å²) in [5, 5.41) is 22.0. The van der Waals surface area contributed by atoms with Crippen molar-refractivity contribution >= 4 is 21.2 Å². The van der Waals surface area contributed by atoms with Crippen LogP contribution in [-0.2, 0) is 9.84 Å². The second kappa shape index (κ2) is 4.49. The number of para-hydroxylation sites is 1. The predicted octanol–water partition coefficient (Wildman–Crippen LogP) is 2.44. The molecule has 112 valence electrons. The number of nitrogens with zero attached hydrogens (tertiary/aromatic N) is 2. The molecule has 0 aromatic heterocycles. The van der Waals surface area contributed by atoms with Gasteiger partial charge in [0.05, 0.1) is 22.0 Å². The maximum absolute atomic E-state index is 12.5. The zero-order chi connectivity index (χ0) is 16.1. The molecule has 0 fully saturated rings. The maximum Gasteiger partial charge on any atom is 0.299 e. The number of hydrogen-bond acceptors (Lipinski definition) is 7. The first kappa shape index (κ1) is 13.9. The van der Waals surface area contributed by atoms with E-state index in [9.17, 15) is 28.6 Å². The molecule has 0 N–H and O–H groups in total. The number of non-ortho nitro benzene ring substituents is 1. The Hall–Kier alpha value is -3.01. The molecular formula is C12H6N2O7S. The number of benzene rings is 2. The summed E-state index contributed by atoms with van der Waals surface area (Å²) in [5.74, 6) is -0.468. The normalized spacial score (nSPS) is 14.4. The minimum Gasteiger partial charge on any atom is -0.454 e. The van der Waals surface area contributed by atoms with Gasteiger partial charge < -0.3 is 4.74 Å². The van der Waals surface area contributed by atoms with E-state index in [0.29, 0.717) is 6.07 Å². The number of fused-ring (bicyclic) bond motifs is 2. The lowest BCUT2D eigenvalue weighted by Gasteiger charge is -2.19. The van der Waals surface area contributed by atoms with E-state index in [1.54, 1.807) is 0 Å². The molecule has 0 bridgehead atoms. The number of rotatable bonds is 2. The fourth-order valence-electron chi connectivity index (χ4n) is 2.15. The van der Waals surface area contributed by atoms with Gasteiger partial charge in [-0.3, -0.25) is 20.2 Å². The molecule has 0 amide bonds. The standard InChI is InChI=1S/C12H6N2O7S/c15-13(16)7-5-8(14(17)18)12-10(6-7)21-9-3-1-2-4-11(9)22(12,19)20/h1-6H. The lowest BCUT2D eigenvalue weighted by Crippen LogP contribution is -2.13. The van der Waals surface area contributed by atoms with E-state index in [1.165, 1.54) is 24.3 Å². The summed E-state index contributed by atoms with van der Waals surface area (Å²) >= 11 is 0. The lowest BCUT2D eigenvalue weighted by molar-refractivity contribution is -0.396. The average molecular weight is 322 g/mol. The summed E-state index contributed by atoms with van der Waals surface area (Å²) in [6.07, 6.45) is 0. The molecule has 0 radical (unpaired) electrons. The van der Waals surface area contributed by atoms with Crippen LogP contribution >= 0.6 is 0 Å². The van der Waals surface area contributed by atoms with Crippen molar-refractivity contribution in [3.05, 3.63) is 56.6 Å². The monoisotopic (exact) mass is 322 g/mol. The van der Waals surface area contributed by atoms with Gasteiger partial charge in [-0.2, -0.15) is 0 Å². The Kier molecular flexibility index (Phi) is 2.85. The van der Waals surface area contributed by atoms with E-state index in [-0.39, 0.29) is 10.6 Å². The zero-order valence-electron chi connectivity index (χ0n) is 10.6. The van der Waals surface area contributed by atoms with Gasteiger partial charge in [-0.1, -0.05) is 12.1 Å². The third kappa shape index (κ3) is 1.89. The molecule has 0 spiro atoms. The Balaban J connectivity index is 2.40. The van der Waals surface area contributed by atoms with Crippen LogP contribution in [-0.4, -0.2) is 18.3 Å². The van der Waals surface area contributed by atoms with Crippen LogP contribution in [0.1, 0.15) is 0 Å². The molecule has 10 heteroatoms. The fourth-order valence-corrected chi connectivity index (χ4v) is 3.77. The quantitative estimate of drug-likeness (QED) is 0.523. The number of hydrogen-bond donors (Lipinski definition) is 0. The molecule has 0 unspecified atom stereocenters. The van der Waals surface area contributed by atoms with Gasteiger partial charge in [0.25, 0.3) is 11.4 Å². The largest absolute Gasteiger partial charge is 0.454 e. The van der Waals surface area contributed by atoms with Crippen LogP contribution in [0.15, 0.2) is 46.2 Å². The summed E-state index contributed by atoms with van der Waals surface area (Å²) in [6, 6.07) is 7.04. The molecule has 0 atom stereocenters. The lowest BCUT2D eigenvalue weighted by atomic mass is 10.2. The SMILES string of the molecule is O=[N+]([O-])c1cc2c(c([N+](=O)[O-])c1)S(=O)(=O)c1ccccc1O2. The topological polar surface area (TPSA) is 130 Å². The first-order chi connectivity index (χ1) is 10.3. The summed E-state index contributed by atoms with van der Waals surface area (Å²) in [6.45, 7) is 0. The minimum absolute atomic E-state index is 0.0372. The molecule has 3 rings (SSSR count). The van der Waals surface area contributed by atoms with Crippen LogP contribution in [0.25, 0.3) is 0 Å². The smallest absolute Gasteiger partial charge is 0.299 e. The molecule has 1 heterocycles. The van der Waals surface area contributed by atoms with Crippen molar-refractivity contribution in [2.24, 2.45) is 0 Å². The Bertz CT molecular complexity index is 936. The third-order valence-corrected chi connectivity index (χ3v) is 4.92. The molecule has 1 aliphatic heterocycles. The van der Waals surface area contributed by atoms with Gasteiger partial charge in [0, 0.05) is 0 Å². The van der Waals surface area contributed by atoms with E-state index >= 15 is 0 Å². The zero-order valence-corrected chi connectivity index (χ0v) is 11.4. The number of nitro groups is 2. The molecule has 22 heavy (non-hydrogen) atoms. The van der Waals surface area contributed by atoms with Gasteiger partial charge in [-0.25, -0.2) is 8.42 Å². The first-order valence-electron chi connectivity index (χ1n) is 5.81. The van der Waals surface area contributed by atoms with Crippen LogP contribution in [0.4, 0.5) is 11.4 Å². The molecule has 0 saturated carbocycles. The molecule has 1 aliphatic rings.